The minimum Gasteiger partial charge on any atom is -0.495 e. The summed E-state index contributed by atoms with van der Waals surface area (Å²) in [6.45, 7) is 29.6. The highest BCUT2D eigenvalue weighted by atomic mass is 35.5. The lowest BCUT2D eigenvalue weighted by molar-refractivity contribution is 0.0982. The number of nitrogens with zero attached hydrogens (tertiary/aromatic N) is 14. The van der Waals surface area contributed by atoms with Gasteiger partial charge in [0.1, 0.15) is 64.5 Å². The van der Waals surface area contributed by atoms with Gasteiger partial charge < -0.3 is 94.8 Å². The maximum absolute atomic E-state index is 13.6. The van der Waals surface area contributed by atoms with Crippen molar-refractivity contribution in [3.8, 4) is 23.0 Å². The maximum Gasteiger partial charge on any atom is 0.229 e. The number of para-hydroxylation sites is 5. The number of methoxy groups -OCH3 is 4. The van der Waals surface area contributed by atoms with Crippen molar-refractivity contribution in [2.75, 3.05) is 212 Å². The minimum absolute atomic E-state index is 0.0398. The molecule has 0 bridgehead atoms. The van der Waals surface area contributed by atoms with Crippen molar-refractivity contribution in [1.29, 1.82) is 0 Å². The Morgan fingerprint density at radius 2 is 0.653 bits per heavy atom. The number of anilines is 18. The molecule has 5 saturated heterocycles. The van der Waals surface area contributed by atoms with E-state index in [1.165, 1.54) is 63.8 Å². The zero-order chi connectivity index (χ0) is 108. The van der Waals surface area contributed by atoms with Gasteiger partial charge in [0.05, 0.1) is 129 Å². The van der Waals surface area contributed by atoms with E-state index in [2.05, 4.69) is 144 Å². The van der Waals surface area contributed by atoms with Crippen LogP contribution in [-0.2, 0) is 43.2 Å². The lowest BCUT2D eigenvalue weighted by atomic mass is 10.0. The molecule has 17 rings (SSSR count). The molecule has 802 valence electrons. The Kier molecular flexibility index (Phi) is 38.6. The second kappa shape index (κ2) is 50.6. The zero-order valence-corrected chi connectivity index (χ0v) is 95.3. The van der Waals surface area contributed by atoms with Gasteiger partial charge in [0, 0.05) is 142 Å². The molecule has 0 spiro atoms. The summed E-state index contributed by atoms with van der Waals surface area (Å²) < 4.78 is 139. The van der Waals surface area contributed by atoms with Gasteiger partial charge in [-0.25, -0.2) is 45.2 Å². The van der Waals surface area contributed by atoms with Crippen LogP contribution in [-0.4, -0.2) is 273 Å². The second-order valence-electron chi connectivity index (χ2n) is 38.7. The van der Waals surface area contributed by atoms with E-state index in [4.69, 9.17) is 65.4 Å². The minimum atomic E-state index is -3.73. The fraction of sp³-hybridized carbons (Fsp3) is 0.390. The first-order chi connectivity index (χ1) is 71.4. The van der Waals surface area contributed by atoms with Crippen LogP contribution in [0.1, 0.15) is 80.1 Å². The zero-order valence-electron chi connectivity index (χ0n) is 87.2. The molecule has 0 aliphatic carbocycles. The quantitative estimate of drug-likeness (QED) is 0.0177. The van der Waals surface area contributed by atoms with Crippen molar-refractivity contribution < 1.29 is 57.9 Å². The summed E-state index contributed by atoms with van der Waals surface area (Å²) in [6, 6.07) is 51.9. The van der Waals surface area contributed by atoms with Crippen LogP contribution in [0.25, 0.3) is 0 Å². The van der Waals surface area contributed by atoms with Crippen molar-refractivity contribution >= 4 is 217 Å². The molecule has 4 aromatic heterocycles. The Hall–Kier alpha value is -11.2. The van der Waals surface area contributed by atoms with Crippen molar-refractivity contribution in [3.05, 3.63) is 215 Å². The Morgan fingerprint density at radius 1 is 0.347 bits per heavy atom. The molecule has 0 amide bonds. The van der Waals surface area contributed by atoms with E-state index < -0.39 is 66.7 Å². The molecule has 0 saturated carbocycles. The molecule has 5 fully saturated rings. The van der Waals surface area contributed by atoms with Crippen molar-refractivity contribution in [2.24, 2.45) is 0 Å². The smallest absolute Gasteiger partial charge is 0.229 e. The summed E-state index contributed by atoms with van der Waals surface area (Å²) in [5.41, 5.74) is 6.76. The number of hydrogen-bond acceptors (Lipinski definition) is 35. The van der Waals surface area contributed by atoms with Gasteiger partial charge in [-0.2, -0.15) is 19.9 Å². The topological polar surface area (TPSA) is 409 Å². The molecule has 0 unspecified atom stereocenters. The number of likely N-dealkylation sites (N-methyl/N-ethyl adjacent to an activating group) is 2. The number of aromatic nitrogens is 8. The molecule has 0 atom stereocenters. The van der Waals surface area contributed by atoms with E-state index in [0.717, 1.165) is 137 Å². The molecular weight excluding hydrogens is 2110 g/mol. The SMILES string of the molecule is COc1cc(N2CCC(N3CCN(C)CC3)CC2)ccc1Nc1ncc(Cl)c(Nc2ccc(P(C)(C)=O)cc2S(=O)(=O)C(C)C)n1.COc1cc(N2CCC(N3CCN(C)CC3)CC2)ccc1Nc1ncc(Cl)c(Nc2ccccc2P2(=O)CCCC2)n1.COc1ccc(P(C)(C)=O)cc1Nc1ncc(Cl)c(Nc2ccccc2S(=O)(=O)C(C)C)n1.COc1ccccc1Nc1ncc(Cl)c(Nc2ccccc2S(=O)(=O)C(C)C)n1. The van der Waals surface area contributed by atoms with Crippen LogP contribution in [0.2, 0.25) is 20.1 Å². The molecular formula is C105H133Cl4N22O13P3S3. The Labute approximate surface area is 900 Å². The lowest BCUT2D eigenvalue weighted by Gasteiger charge is -2.42. The highest BCUT2D eigenvalue weighted by Crippen LogP contribution is 2.53. The number of benzene rings is 8. The lowest BCUT2D eigenvalue weighted by Crippen LogP contribution is -2.52. The van der Waals surface area contributed by atoms with E-state index in [0.29, 0.717) is 85.2 Å². The summed E-state index contributed by atoms with van der Waals surface area (Å²) in [4.78, 5) is 50.5. The summed E-state index contributed by atoms with van der Waals surface area (Å²) in [6.07, 6.45) is 14.0. The summed E-state index contributed by atoms with van der Waals surface area (Å²) in [5.74, 6) is 4.86. The summed E-state index contributed by atoms with van der Waals surface area (Å²) in [7, 11) is -7.55. The molecule has 0 radical (unpaired) electrons. The number of piperidine rings is 2. The van der Waals surface area contributed by atoms with Crippen LogP contribution in [0.5, 0.6) is 23.0 Å². The van der Waals surface area contributed by atoms with E-state index in [9.17, 15) is 38.9 Å². The van der Waals surface area contributed by atoms with Crippen LogP contribution >= 0.6 is 67.8 Å². The Bertz CT molecular complexity index is 7270. The molecule has 5 aliphatic rings. The largest absolute Gasteiger partial charge is 0.495 e. The molecule has 45 heteroatoms. The third-order valence-corrected chi connectivity index (χ3v) is 40.9. The summed E-state index contributed by atoms with van der Waals surface area (Å²) >= 11 is 25.5. The Balaban J connectivity index is 0.000000160. The van der Waals surface area contributed by atoms with Gasteiger partial charge in [0.15, 0.2) is 52.8 Å². The molecule has 8 aromatic carbocycles. The summed E-state index contributed by atoms with van der Waals surface area (Å²) in [5, 5.41) is 26.4. The number of halogens is 4. The van der Waals surface area contributed by atoms with Crippen molar-refractivity contribution in [1.82, 2.24) is 59.5 Å². The van der Waals surface area contributed by atoms with E-state index in [1.807, 2.05) is 66.7 Å². The number of hydrogen-bond donors (Lipinski definition) is 8. The number of nitrogens with one attached hydrogen (secondary N) is 8. The molecule has 9 heterocycles. The van der Waals surface area contributed by atoms with Gasteiger partial charge in [-0.05, 0) is 230 Å². The molecule has 150 heavy (non-hydrogen) atoms. The maximum atomic E-state index is 13.6. The first-order valence-electron chi connectivity index (χ1n) is 49.5. The van der Waals surface area contributed by atoms with Crippen LogP contribution in [0, 0.1) is 0 Å². The highest BCUT2D eigenvalue weighted by molar-refractivity contribution is 7.92. The van der Waals surface area contributed by atoms with Gasteiger partial charge in [-0.3, -0.25) is 9.80 Å². The first-order valence-corrected chi connectivity index (χ1v) is 63.0. The van der Waals surface area contributed by atoms with E-state index in [-0.39, 0.29) is 70.7 Å². The predicted molar refractivity (Wildman–Crippen MR) is 612 cm³/mol. The fourth-order valence-electron chi connectivity index (χ4n) is 17.8. The fourth-order valence-corrected chi connectivity index (χ4v) is 27.0. The predicted octanol–water partition coefficient (Wildman–Crippen LogP) is 20.8. The number of ether oxygens (including phenoxy) is 4. The van der Waals surface area contributed by atoms with Gasteiger partial charge in [-0.1, -0.05) is 94.9 Å². The average Bonchev–Trinajstić information content (AvgIpc) is 0.954. The van der Waals surface area contributed by atoms with Crippen LogP contribution < -0.4 is 87.2 Å². The number of piperazine rings is 2. The van der Waals surface area contributed by atoms with Crippen molar-refractivity contribution in [3.63, 3.8) is 0 Å². The van der Waals surface area contributed by atoms with Crippen LogP contribution in [0.15, 0.2) is 209 Å². The highest BCUT2D eigenvalue weighted by Gasteiger charge is 2.36. The third kappa shape index (κ3) is 28.8. The monoisotopic (exact) mass is 2240 g/mol. The van der Waals surface area contributed by atoms with Gasteiger partial charge >= 0.3 is 0 Å². The van der Waals surface area contributed by atoms with Crippen molar-refractivity contribution in [2.45, 2.75) is 123 Å². The van der Waals surface area contributed by atoms with E-state index in [1.54, 1.807) is 169 Å². The average molecular weight is 2240 g/mol. The molecule has 35 nitrogen and oxygen atoms in total. The molecule has 8 N–H and O–H groups in total. The first kappa shape index (κ1) is 114. The molecule has 12 aromatic rings. The number of sulfone groups is 3. The Morgan fingerprint density at radius 3 is 1.03 bits per heavy atom. The van der Waals surface area contributed by atoms with Gasteiger partial charge in [0.25, 0.3) is 0 Å². The molecule has 5 aliphatic heterocycles. The van der Waals surface area contributed by atoms with Crippen LogP contribution in [0.3, 0.4) is 0 Å². The van der Waals surface area contributed by atoms with Crippen LogP contribution in [0.4, 0.5) is 104 Å². The van der Waals surface area contributed by atoms with Gasteiger partial charge in [-0.15, -0.1) is 0 Å². The van der Waals surface area contributed by atoms with Gasteiger partial charge in [0.2, 0.25) is 23.8 Å². The number of rotatable bonds is 33. The third-order valence-electron chi connectivity index (χ3n) is 26.8. The standard InChI is InChI=1S/C32H45ClN7O4PS.C31H41ClN7O2P.C22H26ClN4O4PS.C20H21ClN4O3S/c1-22(2)46(42,43)30-20-25(45(5,6)41)8-10-28(30)35-31-26(33)21-34-32(37-31)36-27-9-7-24(19-29(27)44-4)39-13-11-23(12-14-39)40-17-15-38(3)16-18-40;1-37-15-17-39(18-16-37)23-11-13-38(14-12-23)24-9-10-26(28(21-24)41-2)35-31-33-22-25(32)30(36-31)34-27-7-3-4-8-29(27)42(40)19-5-6-20-42;1-14(2)33(29,30)20-9-7-6-8-17(20)25-21-16(23)13-24-22(27-21)26-18-12-15(32(4,5)28)10-11-19(18)31-3;1-13(2)29(26,27)18-11-7-5-9-16(18)23-19-14(21)12-22-20(25-19)24-15-8-4-6-10-17(15)28-3/h7-10,19-23H,11-18H2,1-6H3,(H2,34,35,36,37);3-4,7-10,21-23H,5-6,11-20H2,1-2H3,(H2,33,34,35,36);6-14H,1-5H3,(H2,24,25,26,27);4-13H,1-3H3,(H2,22,23,24,25). The van der Waals surface area contributed by atoms with E-state index >= 15 is 0 Å². The normalized spacial score (nSPS) is 15.8. The second-order valence-corrected chi connectivity index (χ2v) is 57.4.